The maximum Gasteiger partial charge on any atom is 0.270 e. The third-order valence-electron chi connectivity index (χ3n) is 4.12. The Bertz CT molecular complexity index is 884. The minimum absolute atomic E-state index is 0.293. The molecule has 0 aliphatic carbocycles. The molecule has 0 bridgehead atoms. The second-order valence-electron chi connectivity index (χ2n) is 6.05. The van der Waals surface area contributed by atoms with E-state index in [9.17, 15) is 9.18 Å². The molecular weight excluding hydrogens is 343 g/mol. The van der Waals surface area contributed by atoms with Crippen LogP contribution < -0.4 is 10.2 Å². The van der Waals surface area contributed by atoms with Crippen molar-refractivity contribution in [3.8, 4) is 0 Å². The molecule has 2 aromatic carbocycles. The SMILES string of the molecule is CCN(Cc1ccccc1)c1nccc(C(=O)NCc2ccc(F)cc2)n1. The van der Waals surface area contributed by atoms with Crippen LogP contribution in [0.15, 0.2) is 66.9 Å². The summed E-state index contributed by atoms with van der Waals surface area (Å²) in [5.74, 6) is -0.0851. The first-order valence-electron chi connectivity index (χ1n) is 8.80. The third-order valence-corrected chi connectivity index (χ3v) is 4.12. The number of carbonyl (C=O) groups is 1. The summed E-state index contributed by atoms with van der Waals surface area (Å²) >= 11 is 0. The van der Waals surface area contributed by atoms with Gasteiger partial charge in [0.2, 0.25) is 5.95 Å². The minimum Gasteiger partial charge on any atom is -0.347 e. The summed E-state index contributed by atoms with van der Waals surface area (Å²) in [5, 5.41) is 2.80. The number of hydrogen-bond donors (Lipinski definition) is 1. The summed E-state index contributed by atoms with van der Waals surface area (Å²) in [6.07, 6.45) is 1.59. The van der Waals surface area contributed by atoms with Crippen LogP contribution in [0.5, 0.6) is 0 Å². The van der Waals surface area contributed by atoms with Crippen molar-refractivity contribution in [2.45, 2.75) is 20.0 Å². The van der Waals surface area contributed by atoms with Crippen LogP contribution in [-0.2, 0) is 13.1 Å². The second-order valence-corrected chi connectivity index (χ2v) is 6.05. The molecule has 5 nitrogen and oxygen atoms in total. The largest absolute Gasteiger partial charge is 0.347 e. The van der Waals surface area contributed by atoms with Crippen LogP contribution in [0.2, 0.25) is 0 Å². The van der Waals surface area contributed by atoms with Crippen LogP contribution in [0, 0.1) is 5.82 Å². The van der Waals surface area contributed by atoms with Gasteiger partial charge >= 0.3 is 0 Å². The number of nitrogens with one attached hydrogen (secondary N) is 1. The van der Waals surface area contributed by atoms with Crippen molar-refractivity contribution >= 4 is 11.9 Å². The maximum atomic E-state index is 13.0. The zero-order valence-corrected chi connectivity index (χ0v) is 15.1. The second kappa shape index (κ2) is 8.89. The number of carbonyl (C=O) groups excluding carboxylic acids is 1. The molecule has 0 aliphatic heterocycles. The fourth-order valence-corrected chi connectivity index (χ4v) is 2.63. The van der Waals surface area contributed by atoms with E-state index in [1.54, 1.807) is 24.4 Å². The van der Waals surface area contributed by atoms with Crippen molar-refractivity contribution in [2.24, 2.45) is 0 Å². The molecule has 0 saturated heterocycles. The van der Waals surface area contributed by atoms with E-state index < -0.39 is 0 Å². The molecule has 0 aliphatic rings. The fourth-order valence-electron chi connectivity index (χ4n) is 2.63. The summed E-state index contributed by atoms with van der Waals surface area (Å²) in [4.78, 5) is 23.1. The standard InChI is InChI=1S/C21H21FN4O/c1-2-26(15-17-6-4-3-5-7-17)21-23-13-12-19(25-21)20(27)24-14-16-8-10-18(22)11-9-16/h3-13H,2,14-15H2,1H3,(H,24,27). The van der Waals surface area contributed by atoms with Crippen molar-refractivity contribution in [1.29, 1.82) is 0 Å². The predicted octanol–water partition coefficient (Wildman–Crippen LogP) is 3.57. The summed E-state index contributed by atoms with van der Waals surface area (Å²) < 4.78 is 13.0. The zero-order chi connectivity index (χ0) is 19.1. The number of halogens is 1. The van der Waals surface area contributed by atoms with Crippen molar-refractivity contribution < 1.29 is 9.18 Å². The van der Waals surface area contributed by atoms with Gasteiger partial charge in [-0.15, -0.1) is 0 Å². The molecule has 27 heavy (non-hydrogen) atoms. The van der Waals surface area contributed by atoms with Crippen LogP contribution in [-0.4, -0.2) is 22.4 Å². The Morgan fingerprint density at radius 2 is 1.78 bits per heavy atom. The topological polar surface area (TPSA) is 58.1 Å². The third kappa shape index (κ3) is 5.10. The van der Waals surface area contributed by atoms with Crippen LogP contribution in [0.4, 0.5) is 10.3 Å². The average Bonchev–Trinajstić information content (AvgIpc) is 2.72. The van der Waals surface area contributed by atoms with Crippen LogP contribution in [0.1, 0.15) is 28.5 Å². The van der Waals surface area contributed by atoms with E-state index >= 15 is 0 Å². The lowest BCUT2D eigenvalue weighted by Crippen LogP contribution is -2.27. The van der Waals surface area contributed by atoms with Gasteiger partial charge < -0.3 is 10.2 Å². The minimum atomic E-state index is -0.302. The highest BCUT2D eigenvalue weighted by molar-refractivity contribution is 5.92. The Labute approximate surface area is 157 Å². The molecule has 0 saturated carbocycles. The normalized spacial score (nSPS) is 10.4. The number of rotatable bonds is 7. The van der Waals surface area contributed by atoms with Gasteiger partial charge in [-0.2, -0.15) is 0 Å². The molecule has 1 N–H and O–H groups in total. The number of benzene rings is 2. The molecule has 3 rings (SSSR count). The van der Waals surface area contributed by atoms with Gasteiger partial charge in [-0.3, -0.25) is 4.79 Å². The molecule has 1 heterocycles. The van der Waals surface area contributed by atoms with E-state index in [2.05, 4.69) is 15.3 Å². The van der Waals surface area contributed by atoms with Crippen molar-refractivity contribution in [3.05, 3.63) is 89.5 Å². The van der Waals surface area contributed by atoms with E-state index in [4.69, 9.17) is 0 Å². The van der Waals surface area contributed by atoms with E-state index in [1.807, 2.05) is 42.2 Å². The molecule has 0 unspecified atom stereocenters. The van der Waals surface area contributed by atoms with Gasteiger partial charge in [0.15, 0.2) is 0 Å². The lowest BCUT2D eigenvalue weighted by Gasteiger charge is -2.21. The van der Waals surface area contributed by atoms with Gasteiger partial charge in [0.05, 0.1) is 0 Å². The Hall–Kier alpha value is -3.28. The van der Waals surface area contributed by atoms with Crippen molar-refractivity contribution in [2.75, 3.05) is 11.4 Å². The van der Waals surface area contributed by atoms with Gasteiger partial charge in [-0.1, -0.05) is 42.5 Å². The summed E-state index contributed by atoms with van der Waals surface area (Å²) in [7, 11) is 0. The lowest BCUT2D eigenvalue weighted by atomic mass is 10.2. The van der Waals surface area contributed by atoms with E-state index in [0.717, 1.165) is 17.7 Å². The molecular formula is C21H21FN4O. The molecule has 3 aromatic rings. The first-order chi connectivity index (χ1) is 13.2. The molecule has 0 radical (unpaired) electrons. The molecule has 1 amide bonds. The Morgan fingerprint density at radius 3 is 2.48 bits per heavy atom. The Kier molecular flexibility index (Phi) is 6.10. The van der Waals surface area contributed by atoms with Crippen LogP contribution in [0.25, 0.3) is 0 Å². The van der Waals surface area contributed by atoms with Crippen molar-refractivity contribution in [3.63, 3.8) is 0 Å². The first-order valence-corrected chi connectivity index (χ1v) is 8.80. The molecule has 0 fully saturated rings. The molecule has 0 atom stereocenters. The Morgan fingerprint density at radius 1 is 1.04 bits per heavy atom. The van der Waals surface area contributed by atoms with Crippen LogP contribution in [0.3, 0.4) is 0 Å². The lowest BCUT2D eigenvalue weighted by molar-refractivity contribution is 0.0946. The monoisotopic (exact) mass is 364 g/mol. The molecule has 1 aromatic heterocycles. The number of amides is 1. The fraction of sp³-hybridized carbons (Fsp3) is 0.190. The number of aromatic nitrogens is 2. The van der Waals surface area contributed by atoms with Gasteiger partial charge in [0, 0.05) is 25.8 Å². The van der Waals surface area contributed by atoms with Crippen LogP contribution >= 0.6 is 0 Å². The summed E-state index contributed by atoms with van der Waals surface area (Å²) in [5.41, 5.74) is 2.26. The van der Waals surface area contributed by atoms with E-state index in [-0.39, 0.29) is 11.7 Å². The van der Waals surface area contributed by atoms with Gasteiger partial charge in [-0.05, 0) is 36.2 Å². The van der Waals surface area contributed by atoms with E-state index in [1.165, 1.54) is 12.1 Å². The molecule has 138 valence electrons. The molecule has 6 heteroatoms. The number of anilines is 1. The first kappa shape index (κ1) is 18.5. The van der Waals surface area contributed by atoms with Gasteiger partial charge in [0.25, 0.3) is 5.91 Å². The molecule has 0 spiro atoms. The highest BCUT2D eigenvalue weighted by Crippen LogP contribution is 2.12. The number of hydrogen-bond acceptors (Lipinski definition) is 4. The summed E-state index contributed by atoms with van der Waals surface area (Å²) in [6, 6.07) is 17.6. The zero-order valence-electron chi connectivity index (χ0n) is 15.1. The van der Waals surface area contributed by atoms with Crippen molar-refractivity contribution in [1.82, 2.24) is 15.3 Å². The number of nitrogens with zero attached hydrogens (tertiary/aromatic N) is 3. The maximum absolute atomic E-state index is 13.0. The van der Waals surface area contributed by atoms with Gasteiger partial charge in [0.1, 0.15) is 11.5 Å². The smallest absolute Gasteiger partial charge is 0.270 e. The quantitative estimate of drug-likeness (QED) is 0.696. The highest BCUT2D eigenvalue weighted by Gasteiger charge is 2.13. The van der Waals surface area contributed by atoms with E-state index in [0.29, 0.717) is 24.7 Å². The Balaban J connectivity index is 1.67. The summed E-state index contributed by atoms with van der Waals surface area (Å²) in [6.45, 7) is 3.71. The average molecular weight is 364 g/mol. The predicted molar refractivity (Wildman–Crippen MR) is 103 cm³/mol. The van der Waals surface area contributed by atoms with Gasteiger partial charge in [-0.25, -0.2) is 14.4 Å². The highest BCUT2D eigenvalue weighted by atomic mass is 19.1.